The van der Waals surface area contributed by atoms with Crippen LogP contribution in [0.25, 0.3) is 0 Å². The fourth-order valence-electron chi connectivity index (χ4n) is 3.01. The number of ketones is 1. The number of Topliss-reactive ketones (excluding diaryl/α,β-unsaturated/α-hetero) is 1. The van der Waals surface area contributed by atoms with Gasteiger partial charge in [0.25, 0.3) is 0 Å². The molecule has 20 heavy (non-hydrogen) atoms. The zero-order valence-corrected chi connectivity index (χ0v) is 12.5. The maximum Gasteiger partial charge on any atom is 0.174 e. The summed E-state index contributed by atoms with van der Waals surface area (Å²) < 4.78 is 10.6. The molecule has 1 atom stereocenters. The summed E-state index contributed by atoms with van der Waals surface area (Å²) >= 11 is 0. The predicted molar refractivity (Wildman–Crippen MR) is 78.7 cm³/mol. The van der Waals surface area contributed by atoms with E-state index in [1.54, 1.807) is 20.3 Å². The first-order chi connectivity index (χ1) is 9.66. The van der Waals surface area contributed by atoms with Crippen LogP contribution >= 0.6 is 0 Å². The SMILES string of the molecule is CCCC1(C(=O)c2ccc(OC)cc2OC)CCNC1. The molecule has 1 aliphatic heterocycles. The van der Waals surface area contributed by atoms with E-state index in [-0.39, 0.29) is 11.2 Å². The first kappa shape index (κ1) is 14.9. The molecule has 1 aliphatic rings. The molecule has 0 amide bonds. The summed E-state index contributed by atoms with van der Waals surface area (Å²) in [7, 11) is 3.20. The molecule has 1 N–H and O–H groups in total. The van der Waals surface area contributed by atoms with Crippen LogP contribution in [0.5, 0.6) is 11.5 Å². The van der Waals surface area contributed by atoms with Crippen LogP contribution in [0.1, 0.15) is 36.5 Å². The van der Waals surface area contributed by atoms with Gasteiger partial charge >= 0.3 is 0 Å². The van der Waals surface area contributed by atoms with Gasteiger partial charge in [-0.15, -0.1) is 0 Å². The number of carbonyl (C=O) groups excluding carboxylic acids is 1. The number of hydrogen-bond donors (Lipinski definition) is 1. The zero-order chi connectivity index (χ0) is 14.6. The average Bonchev–Trinajstić information content (AvgIpc) is 2.96. The van der Waals surface area contributed by atoms with Crippen molar-refractivity contribution in [2.45, 2.75) is 26.2 Å². The molecule has 4 nitrogen and oxygen atoms in total. The van der Waals surface area contributed by atoms with E-state index in [2.05, 4.69) is 12.2 Å². The van der Waals surface area contributed by atoms with Gasteiger partial charge in [-0.05, 0) is 31.5 Å². The minimum atomic E-state index is -0.281. The Morgan fingerprint density at radius 3 is 2.70 bits per heavy atom. The monoisotopic (exact) mass is 277 g/mol. The maximum absolute atomic E-state index is 13.0. The molecule has 1 heterocycles. The molecular formula is C16H23NO3. The molecule has 0 saturated carbocycles. The van der Waals surface area contributed by atoms with E-state index in [0.717, 1.165) is 32.4 Å². The van der Waals surface area contributed by atoms with Gasteiger partial charge in [0.15, 0.2) is 5.78 Å². The summed E-state index contributed by atoms with van der Waals surface area (Å²) in [6, 6.07) is 5.41. The molecule has 0 aromatic heterocycles. The molecule has 1 fully saturated rings. The predicted octanol–water partition coefficient (Wildman–Crippen LogP) is 2.67. The molecule has 1 aromatic rings. The van der Waals surface area contributed by atoms with Crippen molar-refractivity contribution in [3.05, 3.63) is 23.8 Å². The second-order valence-electron chi connectivity index (χ2n) is 5.35. The minimum absolute atomic E-state index is 0.184. The molecule has 1 unspecified atom stereocenters. The number of benzene rings is 1. The van der Waals surface area contributed by atoms with Crippen LogP contribution < -0.4 is 14.8 Å². The Labute approximate surface area is 120 Å². The van der Waals surface area contributed by atoms with Crippen molar-refractivity contribution < 1.29 is 14.3 Å². The molecule has 0 radical (unpaired) electrons. The third-order valence-electron chi connectivity index (χ3n) is 4.11. The van der Waals surface area contributed by atoms with Crippen molar-refractivity contribution >= 4 is 5.78 Å². The van der Waals surface area contributed by atoms with Gasteiger partial charge in [-0.3, -0.25) is 4.79 Å². The maximum atomic E-state index is 13.0. The highest BCUT2D eigenvalue weighted by Crippen LogP contribution is 2.38. The van der Waals surface area contributed by atoms with E-state index in [9.17, 15) is 4.79 Å². The van der Waals surface area contributed by atoms with Crippen molar-refractivity contribution in [1.29, 1.82) is 0 Å². The number of rotatable bonds is 6. The fourth-order valence-corrected chi connectivity index (χ4v) is 3.01. The average molecular weight is 277 g/mol. The van der Waals surface area contributed by atoms with Gasteiger partial charge in [0.2, 0.25) is 0 Å². The van der Waals surface area contributed by atoms with Crippen molar-refractivity contribution in [1.82, 2.24) is 5.32 Å². The fraction of sp³-hybridized carbons (Fsp3) is 0.562. The lowest BCUT2D eigenvalue weighted by molar-refractivity contribution is 0.0798. The Morgan fingerprint density at radius 2 is 2.15 bits per heavy atom. The third-order valence-corrected chi connectivity index (χ3v) is 4.11. The van der Waals surface area contributed by atoms with Crippen LogP contribution in [0.4, 0.5) is 0 Å². The molecule has 1 saturated heterocycles. The Morgan fingerprint density at radius 1 is 1.35 bits per heavy atom. The molecule has 0 spiro atoms. The summed E-state index contributed by atoms with van der Waals surface area (Å²) in [6.07, 6.45) is 2.81. The number of nitrogens with one attached hydrogen (secondary N) is 1. The van der Waals surface area contributed by atoms with Gasteiger partial charge in [0.05, 0.1) is 19.8 Å². The standard InChI is InChI=1S/C16H23NO3/c1-4-7-16(8-9-17-11-16)15(18)13-6-5-12(19-2)10-14(13)20-3/h5-6,10,17H,4,7-9,11H2,1-3H3. The summed E-state index contributed by atoms with van der Waals surface area (Å²) in [5, 5.41) is 3.32. The number of carbonyl (C=O) groups is 1. The lowest BCUT2D eigenvalue weighted by Crippen LogP contribution is -2.33. The number of methoxy groups -OCH3 is 2. The highest BCUT2D eigenvalue weighted by Gasteiger charge is 2.41. The van der Waals surface area contributed by atoms with Crippen molar-refractivity contribution in [3.63, 3.8) is 0 Å². The first-order valence-electron chi connectivity index (χ1n) is 7.14. The van der Waals surface area contributed by atoms with E-state index in [0.29, 0.717) is 17.1 Å². The van der Waals surface area contributed by atoms with Crippen molar-refractivity contribution in [3.8, 4) is 11.5 Å². The Balaban J connectivity index is 2.36. The molecule has 0 aliphatic carbocycles. The molecule has 0 bridgehead atoms. The zero-order valence-electron chi connectivity index (χ0n) is 12.5. The summed E-state index contributed by atoms with van der Waals surface area (Å²) in [5.74, 6) is 1.48. The number of ether oxygens (including phenoxy) is 2. The van der Waals surface area contributed by atoms with Crippen molar-refractivity contribution in [2.24, 2.45) is 5.41 Å². The van der Waals surface area contributed by atoms with Crippen LogP contribution in [0.2, 0.25) is 0 Å². The Hall–Kier alpha value is -1.55. The second-order valence-corrected chi connectivity index (χ2v) is 5.35. The molecule has 1 aromatic carbocycles. The van der Waals surface area contributed by atoms with Gasteiger partial charge < -0.3 is 14.8 Å². The summed E-state index contributed by atoms with van der Waals surface area (Å²) in [6.45, 7) is 3.79. The molecule has 2 rings (SSSR count). The topological polar surface area (TPSA) is 47.6 Å². The van der Waals surface area contributed by atoms with Crippen LogP contribution in [-0.2, 0) is 0 Å². The third kappa shape index (κ3) is 2.66. The van der Waals surface area contributed by atoms with E-state index >= 15 is 0 Å². The molecule has 4 heteroatoms. The van der Waals surface area contributed by atoms with Crippen molar-refractivity contribution in [2.75, 3.05) is 27.3 Å². The lowest BCUT2D eigenvalue weighted by atomic mass is 9.76. The van der Waals surface area contributed by atoms with Gasteiger partial charge in [-0.2, -0.15) is 0 Å². The van der Waals surface area contributed by atoms with Crippen LogP contribution in [0.3, 0.4) is 0 Å². The summed E-state index contributed by atoms with van der Waals surface area (Å²) in [4.78, 5) is 13.0. The number of hydrogen-bond acceptors (Lipinski definition) is 4. The van der Waals surface area contributed by atoms with E-state index in [4.69, 9.17) is 9.47 Å². The largest absolute Gasteiger partial charge is 0.497 e. The van der Waals surface area contributed by atoms with E-state index in [1.165, 1.54) is 0 Å². The van der Waals surface area contributed by atoms with Gasteiger partial charge in [0, 0.05) is 18.0 Å². The Kier molecular flexibility index (Phi) is 4.65. The van der Waals surface area contributed by atoms with Gasteiger partial charge in [-0.25, -0.2) is 0 Å². The van der Waals surface area contributed by atoms with Gasteiger partial charge in [-0.1, -0.05) is 13.3 Å². The minimum Gasteiger partial charge on any atom is -0.497 e. The quantitative estimate of drug-likeness (QED) is 0.812. The van der Waals surface area contributed by atoms with Gasteiger partial charge in [0.1, 0.15) is 11.5 Å². The lowest BCUT2D eigenvalue weighted by Gasteiger charge is -2.27. The normalized spacial score (nSPS) is 21.8. The van der Waals surface area contributed by atoms with Crippen LogP contribution in [0.15, 0.2) is 18.2 Å². The molecule has 110 valence electrons. The van der Waals surface area contributed by atoms with Crippen LogP contribution in [-0.4, -0.2) is 33.1 Å². The second kappa shape index (κ2) is 6.27. The molecular weight excluding hydrogens is 254 g/mol. The van der Waals surface area contributed by atoms with E-state index < -0.39 is 0 Å². The summed E-state index contributed by atoms with van der Waals surface area (Å²) in [5.41, 5.74) is 0.377. The smallest absolute Gasteiger partial charge is 0.174 e. The van der Waals surface area contributed by atoms with Crippen LogP contribution in [0, 0.1) is 5.41 Å². The highest BCUT2D eigenvalue weighted by atomic mass is 16.5. The van der Waals surface area contributed by atoms with E-state index in [1.807, 2.05) is 12.1 Å². The first-order valence-corrected chi connectivity index (χ1v) is 7.14. The Bertz CT molecular complexity index is 479. The highest BCUT2D eigenvalue weighted by molar-refractivity contribution is 6.03.